The van der Waals surface area contributed by atoms with Crippen LogP contribution in [0.4, 0.5) is 0 Å². The summed E-state index contributed by atoms with van der Waals surface area (Å²) in [6.45, 7) is 0.212. The molecule has 2 aromatic heterocycles. The molecule has 0 bridgehead atoms. The van der Waals surface area contributed by atoms with Crippen molar-refractivity contribution in [2.45, 2.75) is 12.1 Å². The van der Waals surface area contributed by atoms with Crippen LogP contribution >= 0.6 is 0 Å². The van der Waals surface area contributed by atoms with E-state index in [1.807, 2.05) is 12.1 Å². The van der Waals surface area contributed by atoms with Crippen LogP contribution in [0.5, 0.6) is 5.75 Å². The second-order valence-electron chi connectivity index (χ2n) is 5.75. The standard InChI is InChI=1S/C18H16N4O3/c23-17-13-3-1-2-4-15(13)25-10-14(17)21-18(24)12-5-6-20-16(9-12)22-8-7-19-11-22/h1-9,11,14,17,23H,10H2,(H,21,24). The van der Waals surface area contributed by atoms with Crippen LogP contribution in [-0.4, -0.2) is 38.2 Å². The lowest BCUT2D eigenvalue weighted by molar-refractivity contribution is 0.0617. The number of nitrogens with one attached hydrogen (secondary N) is 1. The smallest absolute Gasteiger partial charge is 0.251 e. The number of para-hydroxylation sites is 1. The van der Waals surface area contributed by atoms with Gasteiger partial charge in [-0.15, -0.1) is 0 Å². The number of amides is 1. The predicted octanol–water partition coefficient (Wildman–Crippen LogP) is 1.49. The Morgan fingerprint density at radius 3 is 3.00 bits per heavy atom. The molecule has 4 rings (SSSR count). The Balaban J connectivity index is 1.52. The molecule has 1 aromatic carbocycles. The quantitative estimate of drug-likeness (QED) is 0.756. The summed E-state index contributed by atoms with van der Waals surface area (Å²) < 4.78 is 7.34. The van der Waals surface area contributed by atoms with E-state index in [0.717, 1.165) is 0 Å². The van der Waals surface area contributed by atoms with Crippen LogP contribution in [0.3, 0.4) is 0 Å². The molecule has 0 spiro atoms. The average molecular weight is 336 g/mol. The van der Waals surface area contributed by atoms with Crippen LogP contribution in [0.25, 0.3) is 5.82 Å². The van der Waals surface area contributed by atoms with Gasteiger partial charge in [0.05, 0.1) is 6.04 Å². The van der Waals surface area contributed by atoms with Gasteiger partial charge < -0.3 is 15.2 Å². The van der Waals surface area contributed by atoms with Crippen molar-refractivity contribution >= 4 is 5.91 Å². The van der Waals surface area contributed by atoms with Gasteiger partial charge in [0.15, 0.2) is 0 Å². The normalized spacial score (nSPS) is 18.9. The summed E-state index contributed by atoms with van der Waals surface area (Å²) in [6.07, 6.45) is 5.75. The van der Waals surface area contributed by atoms with Crippen LogP contribution in [0.1, 0.15) is 22.0 Å². The molecule has 0 saturated heterocycles. The van der Waals surface area contributed by atoms with Gasteiger partial charge in [0.1, 0.15) is 30.6 Å². The van der Waals surface area contributed by atoms with Gasteiger partial charge in [-0.25, -0.2) is 9.97 Å². The highest BCUT2D eigenvalue weighted by molar-refractivity contribution is 5.94. The molecular formula is C18H16N4O3. The summed E-state index contributed by atoms with van der Waals surface area (Å²) in [4.78, 5) is 20.8. The van der Waals surface area contributed by atoms with Gasteiger partial charge in [0.25, 0.3) is 5.91 Å². The lowest BCUT2D eigenvalue weighted by atomic mass is 9.99. The van der Waals surface area contributed by atoms with Crippen molar-refractivity contribution in [3.8, 4) is 11.6 Å². The first kappa shape index (κ1) is 15.3. The van der Waals surface area contributed by atoms with E-state index < -0.39 is 12.1 Å². The molecule has 1 amide bonds. The maximum absolute atomic E-state index is 12.6. The molecule has 7 heteroatoms. The van der Waals surface area contributed by atoms with Gasteiger partial charge in [-0.3, -0.25) is 9.36 Å². The summed E-state index contributed by atoms with van der Waals surface area (Å²) >= 11 is 0. The number of imidazole rings is 1. The molecule has 126 valence electrons. The Kier molecular flexibility index (Phi) is 3.91. The van der Waals surface area contributed by atoms with Crippen LogP contribution in [0.15, 0.2) is 61.3 Å². The third-order valence-electron chi connectivity index (χ3n) is 4.13. The van der Waals surface area contributed by atoms with Gasteiger partial charge in [0.2, 0.25) is 0 Å². The van der Waals surface area contributed by atoms with E-state index in [-0.39, 0.29) is 12.5 Å². The number of carbonyl (C=O) groups is 1. The third-order valence-corrected chi connectivity index (χ3v) is 4.13. The Bertz CT molecular complexity index is 895. The number of aliphatic hydroxyl groups is 1. The van der Waals surface area contributed by atoms with Crippen molar-refractivity contribution in [1.29, 1.82) is 0 Å². The molecule has 7 nitrogen and oxygen atoms in total. The fourth-order valence-corrected chi connectivity index (χ4v) is 2.81. The molecule has 0 aliphatic carbocycles. The molecule has 1 aliphatic rings. The molecule has 25 heavy (non-hydrogen) atoms. The topological polar surface area (TPSA) is 89.3 Å². The lowest BCUT2D eigenvalue weighted by Gasteiger charge is -2.30. The fourth-order valence-electron chi connectivity index (χ4n) is 2.81. The number of hydrogen-bond acceptors (Lipinski definition) is 5. The number of benzene rings is 1. The third kappa shape index (κ3) is 2.97. The van der Waals surface area contributed by atoms with Crippen molar-refractivity contribution in [2.75, 3.05) is 6.61 Å². The number of nitrogens with zero attached hydrogens (tertiary/aromatic N) is 3. The first-order valence-electron chi connectivity index (χ1n) is 7.87. The first-order valence-corrected chi connectivity index (χ1v) is 7.87. The number of aromatic nitrogens is 3. The minimum Gasteiger partial charge on any atom is -0.491 e. The molecule has 3 aromatic rings. The van der Waals surface area contributed by atoms with Gasteiger partial charge >= 0.3 is 0 Å². The van der Waals surface area contributed by atoms with Crippen molar-refractivity contribution in [3.05, 3.63) is 72.4 Å². The maximum Gasteiger partial charge on any atom is 0.251 e. The van der Waals surface area contributed by atoms with E-state index in [1.165, 1.54) is 0 Å². The molecule has 2 N–H and O–H groups in total. The minimum absolute atomic E-state index is 0.212. The number of ether oxygens (including phenoxy) is 1. The molecule has 2 atom stereocenters. The number of aliphatic hydroxyl groups excluding tert-OH is 1. The van der Waals surface area contributed by atoms with Gasteiger partial charge in [-0.05, 0) is 18.2 Å². The fraction of sp³-hybridized carbons (Fsp3) is 0.167. The zero-order valence-corrected chi connectivity index (χ0v) is 13.2. The largest absolute Gasteiger partial charge is 0.491 e. The summed E-state index contributed by atoms with van der Waals surface area (Å²) in [5, 5.41) is 13.3. The van der Waals surface area contributed by atoms with Gasteiger partial charge in [0, 0.05) is 29.7 Å². The molecule has 0 radical (unpaired) electrons. The molecule has 2 unspecified atom stereocenters. The van der Waals surface area contributed by atoms with Crippen molar-refractivity contribution in [2.24, 2.45) is 0 Å². The summed E-state index contributed by atoms with van der Waals surface area (Å²) in [6, 6.07) is 10.0. The van der Waals surface area contributed by atoms with Crippen molar-refractivity contribution in [3.63, 3.8) is 0 Å². The van der Waals surface area contributed by atoms with E-state index in [9.17, 15) is 9.90 Å². The van der Waals surface area contributed by atoms with Crippen molar-refractivity contribution in [1.82, 2.24) is 19.9 Å². The van der Waals surface area contributed by atoms with Crippen LogP contribution in [0, 0.1) is 0 Å². The highest BCUT2D eigenvalue weighted by atomic mass is 16.5. The zero-order valence-electron chi connectivity index (χ0n) is 13.2. The minimum atomic E-state index is -0.816. The second kappa shape index (κ2) is 6.37. The predicted molar refractivity (Wildman–Crippen MR) is 89.5 cm³/mol. The molecule has 0 fully saturated rings. The molecule has 0 saturated carbocycles. The molecule has 3 heterocycles. The Hall–Kier alpha value is -3.19. The number of rotatable bonds is 3. The summed E-state index contributed by atoms with van der Waals surface area (Å²) in [5.74, 6) is 0.943. The van der Waals surface area contributed by atoms with E-state index in [4.69, 9.17) is 4.74 Å². The van der Waals surface area contributed by atoms with Crippen LogP contribution < -0.4 is 10.1 Å². The van der Waals surface area contributed by atoms with Gasteiger partial charge in [-0.2, -0.15) is 0 Å². The molecular weight excluding hydrogens is 320 g/mol. The highest BCUT2D eigenvalue weighted by Crippen LogP contribution is 2.31. The number of carbonyl (C=O) groups excluding carboxylic acids is 1. The van der Waals surface area contributed by atoms with Crippen LogP contribution in [0.2, 0.25) is 0 Å². The first-order chi connectivity index (χ1) is 12.2. The maximum atomic E-state index is 12.6. The summed E-state index contributed by atoms with van der Waals surface area (Å²) in [7, 11) is 0. The SMILES string of the molecule is O=C(NC1COc2ccccc2C1O)c1ccnc(-n2ccnc2)c1. The van der Waals surface area contributed by atoms with Crippen LogP contribution in [-0.2, 0) is 0 Å². The van der Waals surface area contributed by atoms with Crippen molar-refractivity contribution < 1.29 is 14.6 Å². The number of hydrogen-bond donors (Lipinski definition) is 2. The zero-order chi connectivity index (χ0) is 17.2. The van der Waals surface area contributed by atoms with E-state index in [2.05, 4.69) is 15.3 Å². The second-order valence-corrected chi connectivity index (χ2v) is 5.75. The Labute approximate surface area is 143 Å². The summed E-state index contributed by atoms with van der Waals surface area (Å²) in [5.41, 5.74) is 1.12. The molecule has 1 aliphatic heterocycles. The number of pyridine rings is 1. The highest BCUT2D eigenvalue weighted by Gasteiger charge is 2.30. The van der Waals surface area contributed by atoms with Gasteiger partial charge in [-0.1, -0.05) is 18.2 Å². The number of fused-ring (bicyclic) bond motifs is 1. The Morgan fingerprint density at radius 2 is 2.16 bits per heavy atom. The lowest BCUT2D eigenvalue weighted by Crippen LogP contribution is -2.45. The monoisotopic (exact) mass is 336 g/mol. The van der Waals surface area contributed by atoms with E-state index >= 15 is 0 Å². The Morgan fingerprint density at radius 1 is 1.28 bits per heavy atom. The average Bonchev–Trinajstić information content (AvgIpc) is 3.19. The van der Waals surface area contributed by atoms with E-state index in [1.54, 1.807) is 53.8 Å². The van der Waals surface area contributed by atoms with E-state index in [0.29, 0.717) is 22.7 Å².